The first-order valence-electron chi connectivity index (χ1n) is 5.24. The van der Waals surface area contributed by atoms with Crippen LogP contribution in [0.3, 0.4) is 0 Å². The fraction of sp³-hybridized carbons (Fsp3) is 0.0714. The second kappa shape index (κ2) is 4.70. The van der Waals surface area contributed by atoms with Crippen LogP contribution in [0.4, 0.5) is 0 Å². The van der Waals surface area contributed by atoms with E-state index in [2.05, 4.69) is 0 Å². The Morgan fingerprint density at radius 3 is 2.24 bits per heavy atom. The van der Waals surface area contributed by atoms with Crippen LogP contribution in [0.2, 0.25) is 0 Å². The molecule has 0 unspecified atom stereocenters. The van der Waals surface area contributed by atoms with Gasteiger partial charge >= 0.3 is 0 Å². The second-order valence-corrected chi connectivity index (χ2v) is 3.85. The molecule has 3 heteroatoms. The highest BCUT2D eigenvalue weighted by Gasteiger charge is 2.02. The number of aldehydes is 1. The first kappa shape index (κ1) is 11.2. The van der Waals surface area contributed by atoms with Crippen molar-refractivity contribution >= 4 is 6.29 Å². The number of hydrogen-bond donors (Lipinski definition) is 2. The van der Waals surface area contributed by atoms with Gasteiger partial charge in [-0.1, -0.05) is 18.2 Å². The van der Waals surface area contributed by atoms with E-state index in [0.717, 1.165) is 11.1 Å². The minimum atomic E-state index is -0.00513. The molecule has 0 aliphatic carbocycles. The van der Waals surface area contributed by atoms with E-state index in [9.17, 15) is 9.90 Å². The lowest BCUT2D eigenvalue weighted by molar-refractivity contribution is 0.112. The van der Waals surface area contributed by atoms with Crippen molar-refractivity contribution in [2.24, 2.45) is 0 Å². The predicted octanol–water partition coefficient (Wildman–Crippen LogP) is 2.50. The number of aromatic hydroxyl groups is 2. The molecule has 0 atom stereocenters. The van der Waals surface area contributed by atoms with Crippen LogP contribution >= 0.6 is 0 Å². The molecule has 17 heavy (non-hydrogen) atoms. The van der Waals surface area contributed by atoms with Gasteiger partial charge in [-0.3, -0.25) is 4.79 Å². The first-order chi connectivity index (χ1) is 8.19. The van der Waals surface area contributed by atoms with E-state index in [1.54, 1.807) is 24.3 Å². The monoisotopic (exact) mass is 228 g/mol. The summed E-state index contributed by atoms with van der Waals surface area (Å²) in [6.07, 6.45) is 1.29. The molecule has 0 fully saturated rings. The minimum Gasteiger partial charge on any atom is -0.508 e. The molecule has 2 aromatic rings. The molecule has 0 spiro atoms. The van der Waals surface area contributed by atoms with Crippen molar-refractivity contribution in [2.75, 3.05) is 0 Å². The van der Waals surface area contributed by atoms with Gasteiger partial charge in [0.1, 0.15) is 11.5 Å². The van der Waals surface area contributed by atoms with Crippen LogP contribution in [0.25, 0.3) is 0 Å². The third kappa shape index (κ3) is 2.64. The Labute approximate surface area is 99.0 Å². The SMILES string of the molecule is O=Cc1cc(Cc2ccc(O)cc2)ccc1O. The Hall–Kier alpha value is -2.29. The van der Waals surface area contributed by atoms with Crippen molar-refractivity contribution in [1.82, 2.24) is 0 Å². The molecule has 86 valence electrons. The molecular weight excluding hydrogens is 216 g/mol. The Balaban J connectivity index is 2.24. The summed E-state index contributed by atoms with van der Waals surface area (Å²) < 4.78 is 0. The smallest absolute Gasteiger partial charge is 0.153 e. The van der Waals surface area contributed by atoms with Crippen LogP contribution in [0.5, 0.6) is 11.5 Å². The highest BCUT2D eigenvalue weighted by molar-refractivity contribution is 5.79. The summed E-state index contributed by atoms with van der Waals surface area (Å²) in [4.78, 5) is 10.7. The summed E-state index contributed by atoms with van der Waals surface area (Å²) in [6, 6.07) is 11.8. The molecule has 0 saturated heterocycles. The van der Waals surface area contributed by atoms with Gasteiger partial charge in [0.15, 0.2) is 6.29 Å². The topological polar surface area (TPSA) is 57.5 Å². The summed E-state index contributed by atoms with van der Waals surface area (Å²) in [6.45, 7) is 0. The summed E-state index contributed by atoms with van der Waals surface area (Å²) in [5.41, 5.74) is 2.27. The average molecular weight is 228 g/mol. The summed E-state index contributed by atoms with van der Waals surface area (Å²) in [5.74, 6) is 0.225. The fourth-order valence-corrected chi connectivity index (χ4v) is 1.66. The lowest BCUT2D eigenvalue weighted by Gasteiger charge is -2.04. The van der Waals surface area contributed by atoms with Crippen molar-refractivity contribution in [3.63, 3.8) is 0 Å². The minimum absolute atomic E-state index is 0.00513. The van der Waals surface area contributed by atoms with Gasteiger partial charge in [0.2, 0.25) is 0 Å². The second-order valence-electron chi connectivity index (χ2n) is 3.85. The van der Waals surface area contributed by atoms with E-state index in [1.807, 2.05) is 12.1 Å². The van der Waals surface area contributed by atoms with Crippen LogP contribution in [0.1, 0.15) is 21.5 Å². The number of rotatable bonds is 3. The van der Waals surface area contributed by atoms with Crippen LogP contribution in [-0.4, -0.2) is 16.5 Å². The van der Waals surface area contributed by atoms with Gasteiger partial charge in [-0.15, -0.1) is 0 Å². The van der Waals surface area contributed by atoms with Crippen molar-refractivity contribution < 1.29 is 15.0 Å². The van der Waals surface area contributed by atoms with E-state index >= 15 is 0 Å². The van der Waals surface area contributed by atoms with Crippen molar-refractivity contribution in [1.29, 1.82) is 0 Å². The number of carbonyl (C=O) groups excluding carboxylic acids is 1. The Morgan fingerprint density at radius 1 is 0.941 bits per heavy atom. The molecule has 2 N–H and O–H groups in total. The third-order valence-corrected chi connectivity index (χ3v) is 2.56. The van der Waals surface area contributed by atoms with Crippen LogP contribution in [-0.2, 0) is 6.42 Å². The van der Waals surface area contributed by atoms with Gasteiger partial charge in [0, 0.05) is 0 Å². The molecule has 0 heterocycles. The highest BCUT2D eigenvalue weighted by atomic mass is 16.3. The standard InChI is InChI=1S/C14H12O3/c15-9-12-8-11(3-6-14(12)17)7-10-1-4-13(16)5-2-10/h1-6,8-9,16-17H,7H2. The van der Waals surface area contributed by atoms with Gasteiger partial charge in [0.05, 0.1) is 5.56 Å². The molecular formula is C14H12O3. The Bertz CT molecular complexity index is 530. The number of phenols is 2. The molecule has 0 radical (unpaired) electrons. The fourth-order valence-electron chi connectivity index (χ4n) is 1.66. The Morgan fingerprint density at radius 2 is 1.59 bits per heavy atom. The zero-order valence-electron chi connectivity index (χ0n) is 9.13. The molecule has 0 bridgehead atoms. The molecule has 0 aliphatic heterocycles. The average Bonchev–Trinajstić information content (AvgIpc) is 2.34. The summed E-state index contributed by atoms with van der Waals surface area (Å²) in [7, 11) is 0. The maximum Gasteiger partial charge on any atom is 0.153 e. The largest absolute Gasteiger partial charge is 0.508 e. The van der Waals surface area contributed by atoms with Gasteiger partial charge < -0.3 is 10.2 Å². The van der Waals surface area contributed by atoms with E-state index in [1.165, 1.54) is 6.07 Å². The van der Waals surface area contributed by atoms with Crippen molar-refractivity contribution in [3.05, 3.63) is 59.2 Å². The van der Waals surface area contributed by atoms with E-state index < -0.39 is 0 Å². The van der Waals surface area contributed by atoms with Crippen molar-refractivity contribution in [3.8, 4) is 11.5 Å². The normalized spacial score (nSPS) is 10.1. The van der Waals surface area contributed by atoms with Gasteiger partial charge in [-0.2, -0.15) is 0 Å². The maximum atomic E-state index is 10.7. The quantitative estimate of drug-likeness (QED) is 0.793. The van der Waals surface area contributed by atoms with Gasteiger partial charge in [-0.25, -0.2) is 0 Å². The van der Waals surface area contributed by atoms with E-state index in [0.29, 0.717) is 18.3 Å². The molecule has 2 aromatic carbocycles. The Kier molecular flexibility index (Phi) is 3.10. The predicted molar refractivity (Wildman–Crippen MR) is 64.4 cm³/mol. The summed E-state index contributed by atoms with van der Waals surface area (Å²) in [5, 5.41) is 18.5. The zero-order valence-corrected chi connectivity index (χ0v) is 9.13. The van der Waals surface area contributed by atoms with Gasteiger partial charge in [-0.05, 0) is 41.8 Å². The van der Waals surface area contributed by atoms with E-state index in [-0.39, 0.29) is 11.5 Å². The lowest BCUT2D eigenvalue weighted by atomic mass is 10.0. The number of carbonyl (C=O) groups is 1. The van der Waals surface area contributed by atoms with Gasteiger partial charge in [0.25, 0.3) is 0 Å². The molecule has 2 rings (SSSR count). The first-order valence-corrected chi connectivity index (χ1v) is 5.24. The molecule has 3 nitrogen and oxygen atoms in total. The molecule has 0 saturated carbocycles. The molecule has 0 aromatic heterocycles. The molecule has 0 aliphatic rings. The van der Waals surface area contributed by atoms with Crippen LogP contribution in [0, 0.1) is 0 Å². The number of phenolic OH excluding ortho intramolecular Hbond substituents is 2. The highest BCUT2D eigenvalue weighted by Crippen LogP contribution is 2.19. The maximum absolute atomic E-state index is 10.7. The third-order valence-electron chi connectivity index (χ3n) is 2.56. The van der Waals surface area contributed by atoms with Crippen LogP contribution in [0.15, 0.2) is 42.5 Å². The number of hydrogen-bond acceptors (Lipinski definition) is 3. The number of benzene rings is 2. The van der Waals surface area contributed by atoms with Crippen molar-refractivity contribution in [2.45, 2.75) is 6.42 Å². The van der Waals surface area contributed by atoms with E-state index in [4.69, 9.17) is 5.11 Å². The lowest BCUT2D eigenvalue weighted by Crippen LogP contribution is -1.90. The summed E-state index contributed by atoms with van der Waals surface area (Å²) >= 11 is 0. The zero-order chi connectivity index (χ0) is 12.3. The van der Waals surface area contributed by atoms with Crippen LogP contribution < -0.4 is 0 Å². The molecule has 0 amide bonds.